The molecule has 1 aromatic carbocycles. The molecule has 14 heavy (non-hydrogen) atoms. The fourth-order valence-electron chi connectivity index (χ4n) is 1.81. The van der Waals surface area contributed by atoms with E-state index >= 15 is 0 Å². The molecule has 2 nitrogen and oxygen atoms in total. The molecule has 0 amide bonds. The second kappa shape index (κ2) is 3.75. The van der Waals surface area contributed by atoms with E-state index in [4.69, 9.17) is 11.6 Å². The first-order chi connectivity index (χ1) is 6.70. The highest BCUT2D eigenvalue weighted by Crippen LogP contribution is 2.34. The van der Waals surface area contributed by atoms with E-state index in [0.717, 1.165) is 19.4 Å². The van der Waals surface area contributed by atoms with Crippen molar-refractivity contribution in [2.24, 2.45) is 0 Å². The molecule has 0 saturated carbocycles. The van der Waals surface area contributed by atoms with Crippen LogP contribution in [-0.2, 0) is 0 Å². The van der Waals surface area contributed by atoms with E-state index in [1.54, 1.807) is 0 Å². The minimum atomic E-state index is -0.600. The summed E-state index contributed by atoms with van der Waals surface area (Å²) in [5.41, 5.74) is 0.393. The maximum Gasteiger partial charge on any atom is 0.171 e. The molecule has 2 N–H and O–H groups in total. The molecule has 2 rings (SSSR count). The topological polar surface area (TPSA) is 32.3 Å². The molecule has 0 aliphatic carbocycles. The minimum Gasteiger partial charge on any atom is -0.505 e. The zero-order chi connectivity index (χ0) is 10.1. The van der Waals surface area contributed by atoms with Gasteiger partial charge in [0.15, 0.2) is 11.6 Å². The Balaban J connectivity index is 2.44. The van der Waals surface area contributed by atoms with Crippen LogP contribution in [0.1, 0.15) is 24.4 Å². The van der Waals surface area contributed by atoms with Crippen molar-refractivity contribution in [2.45, 2.75) is 18.9 Å². The Kier molecular flexibility index (Phi) is 2.61. The number of benzene rings is 1. The van der Waals surface area contributed by atoms with Crippen LogP contribution in [0.4, 0.5) is 4.39 Å². The Labute approximate surface area is 86.7 Å². The van der Waals surface area contributed by atoms with Crippen LogP contribution in [0.5, 0.6) is 5.75 Å². The second-order valence-corrected chi connectivity index (χ2v) is 3.85. The van der Waals surface area contributed by atoms with Gasteiger partial charge in [0.05, 0.1) is 0 Å². The Bertz CT molecular complexity index is 350. The van der Waals surface area contributed by atoms with Crippen LogP contribution in [0.25, 0.3) is 0 Å². The maximum atomic E-state index is 13.5. The number of halogens is 2. The summed E-state index contributed by atoms with van der Waals surface area (Å²) in [4.78, 5) is 0. The van der Waals surface area contributed by atoms with Gasteiger partial charge in [-0.2, -0.15) is 0 Å². The van der Waals surface area contributed by atoms with E-state index in [9.17, 15) is 9.50 Å². The second-order valence-electron chi connectivity index (χ2n) is 3.44. The molecule has 0 spiro atoms. The predicted octanol–water partition coefficient (Wildman–Crippen LogP) is 2.61. The summed E-state index contributed by atoms with van der Waals surface area (Å²) in [5, 5.41) is 12.7. The van der Waals surface area contributed by atoms with Gasteiger partial charge < -0.3 is 10.4 Å². The summed E-state index contributed by atoms with van der Waals surface area (Å²) < 4.78 is 13.5. The quantitative estimate of drug-likeness (QED) is 0.755. The molecular weight excluding hydrogens is 205 g/mol. The fraction of sp³-hybridized carbons (Fsp3) is 0.400. The Morgan fingerprint density at radius 2 is 2.29 bits per heavy atom. The third kappa shape index (κ3) is 1.57. The van der Waals surface area contributed by atoms with Gasteiger partial charge in [0.25, 0.3) is 0 Å². The highest BCUT2D eigenvalue weighted by atomic mass is 35.5. The molecule has 1 aliphatic rings. The summed E-state index contributed by atoms with van der Waals surface area (Å²) in [6.45, 7) is 0.871. The molecule has 4 heteroatoms. The smallest absolute Gasteiger partial charge is 0.171 e. The average molecular weight is 216 g/mol. The lowest BCUT2D eigenvalue weighted by atomic mass is 10.0. The highest BCUT2D eigenvalue weighted by molar-refractivity contribution is 6.31. The minimum absolute atomic E-state index is 0.0606. The Morgan fingerprint density at radius 1 is 1.50 bits per heavy atom. The normalized spacial score (nSPS) is 21.4. The van der Waals surface area contributed by atoms with E-state index in [1.807, 2.05) is 0 Å². The van der Waals surface area contributed by atoms with Crippen LogP contribution in [-0.4, -0.2) is 11.7 Å². The van der Waals surface area contributed by atoms with Gasteiger partial charge in [0.2, 0.25) is 0 Å². The first-order valence-electron chi connectivity index (χ1n) is 4.60. The Morgan fingerprint density at radius 3 is 2.93 bits per heavy atom. The van der Waals surface area contributed by atoms with Crippen LogP contribution < -0.4 is 5.32 Å². The lowest BCUT2D eigenvalue weighted by molar-refractivity contribution is 0.423. The third-order valence-corrected chi connectivity index (χ3v) is 2.84. The molecule has 1 saturated heterocycles. The van der Waals surface area contributed by atoms with E-state index in [-0.39, 0.29) is 11.8 Å². The van der Waals surface area contributed by atoms with Gasteiger partial charge in [0, 0.05) is 16.6 Å². The first-order valence-corrected chi connectivity index (χ1v) is 4.98. The molecule has 0 aromatic heterocycles. The molecule has 1 fully saturated rings. The van der Waals surface area contributed by atoms with E-state index in [2.05, 4.69) is 5.32 Å². The van der Waals surface area contributed by atoms with Crippen molar-refractivity contribution in [3.8, 4) is 5.75 Å². The van der Waals surface area contributed by atoms with Crippen molar-refractivity contribution in [1.82, 2.24) is 5.32 Å². The van der Waals surface area contributed by atoms with Crippen molar-refractivity contribution < 1.29 is 9.50 Å². The molecule has 1 aromatic rings. The van der Waals surface area contributed by atoms with Crippen molar-refractivity contribution >= 4 is 11.6 Å². The fourth-order valence-corrected chi connectivity index (χ4v) is 2.09. The van der Waals surface area contributed by atoms with Gasteiger partial charge in [-0.05, 0) is 31.5 Å². The number of hydrogen-bond donors (Lipinski definition) is 2. The number of aromatic hydroxyl groups is 1. The Hall–Kier alpha value is -0.800. The van der Waals surface area contributed by atoms with Gasteiger partial charge in [-0.25, -0.2) is 4.39 Å². The van der Waals surface area contributed by atoms with Crippen LogP contribution in [0, 0.1) is 5.82 Å². The summed E-state index contributed by atoms with van der Waals surface area (Å²) in [5.74, 6) is -0.935. The van der Waals surface area contributed by atoms with Crippen LogP contribution in [0.2, 0.25) is 5.02 Å². The number of phenols is 1. The maximum absolute atomic E-state index is 13.5. The molecule has 0 bridgehead atoms. The molecule has 0 radical (unpaired) electrons. The number of hydrogen-bond acceptors (Lipinski definition) is 2. The largest absolute Gasteiger partial charge is 0.505 e. The standard InChI is InChI=1S/C10H11ClFNO/c11-6-3-4-8(14)10(12)9(6)7-2-1-5-13-7/h3-4,7,13-14H,1-2,5H2. The first kappa shape index (κ1) is 9.74. The van der Waals surface area contributed by atoms with Crippen LogP contribution in [0.3, 0.4) is 0 Å². The summed E-state index contributed by atoms with van der Waals surface area (Å²) in [7, 11) is 0. The van der Waals surface area contributed by atoms with Crippen molar-refractivity contribution in [3.63, 3.8) is 0 Å². The number of phenolic OH excluding ortho intramolecular Hbond substituents is 1. The summed E-state index contributed by atoms with van der Waals surface area (Å²) in [6.07, 6.45) is 1.87. The van der Waals surface area contributed by atoms with Crippen LogP contribution >= 0.6 is 11.6 Å². The zero-order valence-electron chi connectivity index (χ0n) is 7.56. The van der Waals surface area contributed by atoms with Gasteiger partial charge in [0.1, 0.15) is 0 Å². The molecule has 76 valence electrons. The molecule has 1 atom stereocenters. The van der Waals surface area contributed by atoms with Crippen LogP contribution in [0.15, 0.2) is 12.1 Å². The van der Waals surface area contributed by atoms with Gasteiger partial charge >= 0.3 is 0 Å². The molecular formula is C10H11ClFNO. The van der Waals surface area contributed by atoms with Crippen molar-refractivity contribution in [2.75, 3.05) is 6.54 Å². The lowest BCUT2D eigenvalue weighted by Crippen LogP contribution is -2.14. The van der Waals surface area contributed by atoms with Crippen molar-refractivity contribution in [1.29, 1.82) is 0 Å². The van der Waals surface area contributed by atoms with Crippen molar-refractivity contribution in [3.05, 3.63) is 28.5 Å². The van der Waals surface area contributed by atoms with Gasteiger partial charge in [-0.1, -0.05) is 11.6 Å². The number of rotatable bonds is 1. The highest BCUT2D eigenvalue weighted by Gasteiger charge is 2.23. The summed E-state index contributed by atoms with van der Waals surface area (Å²) >= 11 is 5.89. The van der Waals surface area contributed by atoms with E-state index in [0.29, 0.717) is 10.6 Å². The SMILES string of the molecule is Oc1ccc(Cl)c(C2CCCN2)c1F. The number of nitrogens with one attached hydrogen (secondary N) is 1. The van der Waals surface area contributed by atoms with Gasteiger partial charge in [-0.3, -0.25) is 0 Å². The van der Waals surface area contributed by atoms with E-state index in [1.165, 1.54) is 12.1 Å². The lowest BCUT2D eigenvalue weighted by Gasteiger charge is -2.14. The average Bonchev–Trinajstić information content (AvgIpc) is 2.65. The van der Waals surface area contributed by atoms with E-state index < -0.39 is 5.82 Å². The zero-order valence-corrected chi connectivity index (χ0v) is 8.31. The summed E-state index contributed by atoms with van der Waals surface area (Å²) in [6, 6.07) is 2.74. The van der Waals surface area contributed by atoms with Gasteiger partial charge in [-0.15, -0.1) is 0 Å². The predicted molar refractivity (Wildman–Crippen MR) is 53.1 cm³/mol. The third-order valence-electron chi connectivity index (χ3n) is 2.51. The monoisotopic (exact) mass is 215 g/mol. The molecule has 1 unspecified atom stereocenters. The molecule has 1 aliphatic heterocycles. The molecule has 1 heterocycles.